The third-order valence-corrected chi connectivity index (χ3v) is 4.28. The third kappa shape index (κ3) is 5.24. The minimum absolute atomic E-state index is 0.0142. The molecule has 160 valence electrons. The highest BCUT2D eigenvalue weighted by Crippen LogP contribution is 2.24. The third-order valence-electron chi connectivity index (χ3n) is 3.95. The topological polar surface area (TPSA) is 118 Å². The van der Waals surface area contributed by atoms with E-state index in [1.165, 1.54) is 24.3 Å². The van der Waals surface area contributed by atoms with Crippen molar-refractivity contribution in [1.29, 1.82) is 0 Å². The second-order valence-corrected chi connectivity index (χ2v) is 6.52. The molecule has 1 heterocycles. The van der Waals surface area contributed by atoms with Crippen molar-refractivity contribution in [3.05, 3.63) is 82.6 Å². The van der Waals surface area contributed by atoms with Gasteiger partial charge in [-0.1, -0.05) is 23.7 Å². The molecule has 0 aliphatic rings. The molecule has 8 nitrogen and oxygen atoms in total. The maximum absolute atomic E-state index is 13.4. The molecule has 0 fully saturated rings. The molecule has 3 aromatic rings. The van der Waals surface area contributed by atoms with Crippen molar-refractivity contribution in [1.82, 2.24) is 16.0 Å². The van der Waals surface area contributed by atoms with Crippen molar-refractivity contribution in [2.75, 3.05) is 6.54 Å². The van der Waals surface area contributed by atoms with Crippen LogP contribution in [0.25, 0.3) is 11.3 Å². The lowest BCUT2D eigenvalue weighted by atomic mass is 10.1. The number of hydrogen-bond donors (Lipinski definition) is 3. The molecule has 2 aromatic carbocycles. The van der Waals surface area contributed by atoms with Crippen LogP contribution in [-0.2, 0) is 4.79 Å². The molecule has 0 saturated heterocycles. The van der Waals surface area contributed by atoms with E-state index in [2.05, 4.69) is 10.9 Å². The number of amides is 3. The molecule has 0 aliphatic carbocycles. The largest absolute Gasteiger partial charge is 0.451 e. The molecule has 0 radical (unpaired) electrons. The summed E-state index contributed by atoms with van der Waals surface area (Å²) in [6.07, 6.45) is 0. The Kier molecular flexibility index (Phi) is 6.63. The van der Waals surface area contributed by atoms with Gasteiger partial charge in [0.15, 0.2) is 5.76 Å². The van der Waals surface area contributed by atoms with E-state index >= 15 is 0 Å². The predicted octanol–water partition coefficient (Wildman–Crippen LogP) is 2.66. The highest BCUT2D eigenvalue weighted by molar-refractivity contribution is 6.33. The van der Waals surface area contributed by atoms with Gasteiger partial charge in [-0.2, -0.15) is 5.12 Å². The number of rotatable bonds is 4. The molecule has 0 saturated carbocycles. The van der Waals surface area contributed by atoms with Gasteiger partial charge in [0.1, 0.15) is 17.4 Å². The summed E-state index contributed by atoms with van der Waals surface area (Å²) in [5, 5.41) is 0.627. The van der Waals surface area contributed by atoms with Gasteiger partial charge in [0, 0.05) is 11.6 Å². The van der Waals surface area contributed by atoms with Crippen molar-refractivity contribution in [2.24, 2.45) is 5.73 Å². The molecule has 1 aromatic heterocycles. The van der Waals surface area contributed by atoms with Crippen LogP contribution in [0.15, 0.2) is 59.0 Å². The molecular formula is C20H15ClF2N4O4. The highest BCUT2D eigenvalue weighted by atomic mass is 35.5. The summed E-state index contributed by atoms with van der Waals surface area (Å²) in [5.74, 6) is -4.46. The number of halogens is 3. The summed E-state index contributed by atoms with van der Waals surface area (Å²) >= 11 is 5.96. The summed E-state index contributed by atoms with van der Waals surface area (Å²) in [6, 6.07) is 11.4. The van der Waals surface area contributed by atoms with Crippen LogP contribution < -0.4 is 16.6 Å². The second kappa shape index (κ2) is 9.37. The number of carbonyl (C=O) groups excluding carboxylic acids is 3. The van der Waals surface area contributed by atoms with E-state index in [0.29, 0.717) is 11.2 Å². The number of carbonyl (C=O) groups is 3. The van der Waals surface area contributed by atoms with Gasteiger partial charge in [0.2, 0.25) is 0 Å². The van der Waals surface area contributed by atoms with Crippen LogP contribution in [0, 0.1) is 11.6 Å². The van der Waals surface area contributed by atoms with Crippen molar-refractivity contribution < 1.29 is 27.6 Å². The zero-order valence-electron chi connectivity index (χ0n) is 15.7. The first-order valence-corrected chi connectivity index (χ1v) is 9.12. The molecule has 0 aliphatic heterocycles. The normalized spacial score (nSPS) is 10.5. The average Bonchev–Trinajstić information content (AvgIpc) is 3.22. The average molecular weight is 449 g/mol. The smallest absolute Gasteiger partial charge is 0.307 e. The van der Waals surface area contributed by atoms with E-state index in [0.717, 1.165) is 12.1 Å². The summed E-state index contributed by atoms with van der Waals surface area (Å²) in [7, 11) is 0. The van der Waals surface area contributed by atoms with Gasteiger partial charge in [-0.15, -0.1) is 0 Å². The number of nitrogens with two attached hydrogens (primary N) is 1. The fraction of sp³-hybridized carbons (Fsp3) is 0.0500. The van der Waals surface area contributed by atoms with Crippen LogP contribution >= 0.6 is 11.6 Å². The van der Waals surface area contributed by atoms with E-state index < -0.39 is 35.9 Å². The Labute approximate surface area is 179 Å². The SMILES string of the molecule is NCC(=O)N(NC(=O)c1ccc(-c2cc(F)cc(F)c2)o1)NC(=O)c1ccccc1Cl. The van der Waals surface area contributed by atoms with Gasteiger partial charge in [0.05, 0.1) is 17.1 Å². The lowest BCUT2D eigenvalue weighted by Gasteiger charge is -2.22. The standard InChI is InChI=1S/C20H15ClF2N4O4/c21-15-4-2-1-3-14(15)19(29)25-27(18(28)10-24)26-20(30)17-6-5-16(31-17)11-7-12(22)9-13(23)8-11/h1-9H,10,24H2,(H,25,29)(H,26,30). The second-order valence-electron chi connectivity index (χ2n) is 6.12. The zero-order chi connectivity index (χ0) is 22.5. The first-order valence-electron chi connectivity index (χ1n) is 8.74. The van der Waals surface area contributed by atoms with E-state index in [1.807, 2.05) is 0 Å². The first-order chi connectivity index (χ1) is 14.8. The van der Waals surface area contributed by atoms with Gasteiger partial charge in [-0.25, -0.2) is 19.6 Å². The van der Waals surface area contributed by atoms with Crippen molar-refractivity contribution >= 4 is 29.3 Å². The minimum atomic E-state index is -0.926. The van der Waals surface area contributed by atoms with Gasteiger partial charge in [0.25, 0.3) is 11.8 Å². The lowest BCUT2D eigenvalue weighted by Crippen LogP contribution is -2.57. The maximum Gasteiger partial charge on any atom is 0.307 e. The Morgan fingerprint density at radius 3 is 2.26 bits per heavy atom. The number of nitrogens with zero attached hydrogens (tertiary/aromatic N) is 1. The zero-order valence-corrected chi connectivity index (χ0v) is 16.5. The van der Waals surface area contributed by atoms with Crippen LogP contribution in [-0.4, -0.2) is 29.4 Å². The summed E-state index contributed by atoms with van der Waals surface area (Å²) < 4.78 is 32.1. The van der Waals surface area contributed by atoms with Crippen LogP contribution in [0.3, 0.4) is 0 Å². The number of hydrazine groups is 2. The van der Waals surface area contributed by atoms with E-state index in [1.54, 1.807) is 12.1 Å². The Morgan fingerprint density at radius 2 is 1.61 bits per heavy atom. The first kappa shape index (κ1) is 21.9. The Bertz CT molecular complexity index is 1130. The van der Waals surface area contributed by atoms with Gasteiger partial charge < -0.3 is 10.2 Å². The molecule has 0 atom stereocenters. The molecule has 0 spiro atoms. The molecule has 0 unspecified atom stereocenters. The molecule has 31 heavy (non-hydrogen) atoms. The van der Waals surface area contributed by atoms with Crippen LogP contribution in [0.2, 0.25) is 5.02 Å². The Hall–Kier alpha value is -3.76. The minimum Gasteiger partial charge on any atom is -0.451 e. The van der Waals surface area contributed by atoms with Crippen molar-refractivity contribution in [2.45, 2.75) is 0 Å². The van der Waals surface area contributed by atoms with Gasteiger partial charge >= 0.3 is 5.91 Å². The fourth-order valence-electron chi connectivity index (χ4n) is 2.52. The summed E-state index contributed by atoms with van der Waals surface area (Å²) in [5.41, 5.74) is 9.78. The lowest BCUT2D eigenvalue weighted by molar-refractivity contribution is -0.134. The Morgan fingerprint density at radius 1 is 0.968 bits per heavy atom. The molecule has 11 heteroatoms. The summed E-state index contributed by atoms with van der Waals surface area (Å²) in [4.78, 5) is 36.9. The van der Waals surface area contributed by atoms with Gasteiger partial charge in [-0.3, -0.25) is 14.4 Å². The molecular weight excluding hydrogens is 434 g/mol. The number of nitrogens with one attached hydrogen (secondary N) is 2. The van der Waals surface area contributed by atoms with Crippen LogP contribution in [0.5, 0.6) is 0 Å². The fourth-order valence-corrected chi connectivity index (χ4v) is 2.74. The molecule has 0 bridgehead atoms. The van der Waals surface area contributed by atoms with Crippen molar-refractivity contribution in [3.8, 4) is 11.3 Å². The van der Waals surface area contributed by atoms with E-state index in [4.69, 9.17) is 21.8 Å². The molecule has 3 amide bonds. The van der Waals surface area contributed by atoms with Gasteiger partial charge in [-0.05, 0) is 36.4 Å². The predicted molar refractivity (Wildman–Crippen MR) is 106 cm³/mol. The molecule has 3 rings (SSSR count). The quantitative estimate of drug-likeness (QED) is 0.530. The number of hydrogen-bond acceptors (Lipinski definition) is 5. The maximum atomic E-state index is 13.4. The van der Waals surface area contributed by atoms with E-state index in [9.17, 15) is 23.2 Å². The highest BCUT2D eigenvalue weighted by Gasteiger charge is 2.22. The Balaban J connectivity index is 1.77. The summed E-state index contributed by atoms with van der Waals surface area (Å²) in [6.45, 7) is -0.533. The van der Waals surface area contributed by atoms with Crippen molar-refractivity contribution in [3.63, 3.8) is 0 Å². The monoisotopic (exact) mass is 448 g/mol. The van der Waals surface area contributed by atoms with E-state index in [-0.39, 0.29) is 27.7 Å². The number of furan rings is 1. The number of benzene rings is 2. The molecule has 4 N–H and O–H groups in total. The van der Waals surface area contributed by atoms with Crippen LogP contribution in [0.4, 0.5) is 8.78 Å². The van der Waals surface area contributed by atoms with Crippen LogP contribution in [0.1, 0.15) is 20.9 Å².